The molecule has 0 fully saturated rings. The van der Waals surface area contributed by atoms with E-state index >= 15 is 0 Å². The number of hydrogen-bond acceptors (Lipinski definition) is 3. The van der Waals surface area contributed by atoms with Crippen LogP contribution in [0, 0.1) is 0 Å². The Balaban J connectivity index is 2.24. The van der Waals surface area contributed by atoms with Crippen LogP contribution in [0.2, 0.25) is 0 Å². The molecular weight excluding hydrogens is 186 g/mol. The molecule has 86 valence electrons. The van der Waals surface area contributed by atoms with Crippen molar-refractivity contribution in [2.24, 2.45) is 10.7 Å². The number of nitrogens with zero attached hydrogens (tertiary/aromatic N) is 2. The van der Waals surface area contributed by atoms with Crippen molar-refractivity contribution in [1.29, 1.82) is 0 Å². The second-order valence-electron chi connectivity index (χ2n) is 3.91. The zero-order valence-corrected chi connectivity index (χ0v) is 9.78. The quantitative estimate of drug-likeness (QED) is 0.650. The molecular formula is C12H23N3. The molecule has 0 aromatic heterocycles. The normalized spacial score (nSPS) is 16.4. The van der Waals surface area contributed by atoms with Gasteiger partial charge in [-0.25, -0.2) is 0 Å². The number of nitrogens with two attached hydrogens (primary N) is 1. The smallest absolute Gasteiger partial charge is 0.123 e. The molecule has 0 atom stereocenters. The fourth-order valence-electron chi connectivity index (χ4n) is 1.74. The van der Waals surface area contributed by atoms with E-state index in [0.29, 0.717) is 6.54 Å². The number of rotatable bonds is 7. The average Bonchev–Trinajstić information content (AvgIpc) is 2.66. The van der Waals surface area contributed by atoms with Gasteiger partial charge in [0.15, 0.2) is 0 Å². The predicted octanol–water partition coefficient (Wildman–Crippen LogP) is 1.80. The molecule has 0 radical (unpaired) electrons. The standard InChI is InChI=1S/C12H23N3/c1-2-3-4-5-6-7-12-14-9-11-15(12)10-8-13/h6-7H,2-5,8-11,13H2,1H3. The van der Waals surface area contributed by atoms with Crippen LogP contribution in [0.4, 0.5) is 0 Å². The Bertz CT molecular complexity index is 221. The second-order valence-corrected chi connectivity index (χ2v) is 3.91. The van der Waals surface area contributed by atoms with Gasteiger partial charge in [-0.3, -0.25) is 4.99 Å². The Kier molecular flexibility index (Phi) is 6.09. The van der Waals surface area contributed by atoms with Crippen LogP contribution in [0.25, 0.3) is 0 Å². The lowest BCUT2D eigenvalue weighted by Crippen LogP contribution is -2.31. The van der Waals surface area contributed by atoms with Gasteiger partial charge in [-0.05, 0) is 18.9 Å². The van der Waals surface area contributed by atoms with Crippen LogP contribution >= 0.6 is 0 Å². The molecule has 1 aliphatic heterocycles. The van der Waals surface area contributed by atoms with Crippen molar-refractivity contribution in [3.05, 3.63) is 12.2 Å². The minimum atomic E-state index is 0.711. The Morgan fingerprint density at radius 2 is 2.33 bits per heavy atom. The highest BCUT2D eigenvalue weighted by molar-refractivity contribution is 5.94. The Morgan fingerprint density at radius 3 is 3.07 bits per heavy atom. The first-order valence-electron chi connectivity index (χ1n) is 6.04. The summed E-state index contributed by atoms with van der Waals surface area (Å²) in [4.78, 5) is 6.71. The fraction of sp³-hybridized carbons (Fsp3) is 0.750. The molecule has 3 heteroatoms. The minimum absolute atomic E-state index is 0.711. The van der Waals surface area contributed by atoms with Crippen LogP contribution in [0.5, 0.6) is 0 Å². The highest BCUT2D eigenvalue weighted by Crippen LogP contribution is 2.04. The first-order chi connectivity index (χ1) is 7.38. The summed E-state index contributed by atoms with van der Waals surface area (Å²) in [5, 5.41) is 0. The SMILES string of the molecule is CCCCCC=CC1=NCCN1CCN. The van der Waals surface area contributed by atoms with Gasteiger partial charge in [0.05, 0.1) is 6.54 Å². The number of hydrogen-bond donors (Lipinski definition) is 1. The number of aliphatic imine (C=N–C) groups is 1. The largest absolute Gasteiger partial charge is 0.354 e. The molecule has 0 spiro atoms. The van der Waals surface area contributed by atoms with E-state index in [-0.39, 0.29) is 0 Å². The van der Waals surface area contributed by atoms with Gasteiger partial charge in [0, 0.05) is 19.6 Å². The molecule has 1 aliphatic rings. The van der Waals surface area contributed by atoms with Crippen LogP contribution in [0.15, 0.2) is 17.1 Å². The molecule has 0 aliphatic carbocycles. The van der Waals surface area contributed by atoms with Crippen molar-refractivity contribution in [2.75, 3.05) is 26.2 Å². The van der Waals surface area contributed by atoms with Gasteiger partial charge in [0.2, 0.25) is 0 Å². The summed E-state index contributed by atoms with van der Waals surface area (Å²) in [7, 11) is 0. The van der Waals surface area contributed by atoms with Crippen molar-refractivity contribution >= 4 is 5.84 Å². The van der Waals surface area contributed by atoms with E-state index in [1.165, 1.54) is 25.7 Å². The van der Waals surface area contributed by atoms with Crippen molar-refractivity contribution in [3.8, 4) is 0 Å². The van der Waals surface area contributed by atoms with E-state index in [0.717, 1.165) is 25.5 Å². The summed E-state index contributed by atoms with van der Waals surface area (Å²) in [6.45, 7) is 5.83. The highest BCUT2D eigenvalue weighted by Gasteiger charge is 2.12. The predicted molar refractivity (Wildman–Crippen MR) is 66.2 cm³/mol. The van der Waals surface area contributed by atoms with E-state index in [1.807, 2.05) is 0 Å². The van der Waals surface area contributed by atoms with Gasteiger partial charge >= 0.3 is 0 Å². The maximum absolute atomic E-state index is 5.54. The zero-order valence-electron chi connectivity index (χ0n) is 9.78. The molecule has 0 saturated heterocycles. The maximum Gasteiger partial charge on any atom is 0.123 e. The fourth-order valence-corrected chi connectivity index (χ4v) is 1.74. The molecule has 0 amide bonds. The molecule has 15 heavy (non-hydrogen) atoms. The Labute approximate surface area is 93.1 Å². The lowest BCUT2D eigenvalue weighted by atomic mass is 10.2. The molecule has 1 rings (SSSR count). The lowest BCUT2D eigenvalue weighted by molar-refractivity contribution is 0.469. The van der Waals surface area contributed by atoms with Crippen molar-refractivity contribution in [1.82, 2.24) is 4.90 Å². The second kappa shape index (κ2) is 7.46. The maximum atomic E-state index is 5.54. The summed E-state index contributed by atoms with van der Waals surface area (Å²) in [6, 6.07) is 0. The average molecular weight is 209 g/mol. The topological polar surface area (TPSA) is 41.6 Å². The van der Waals surface area contributed by atoms with Gasteiger partial charge in [-0.15, -0.1) is 0 Å². The Morgan fingerprint density at radius 1 is 1.47 bits per heavy atom. The zero-order chi connectivity index (χ0) is 10.9. The van der Waals surface area contributed by atoms with Crippen LogP contribution < -0.4 is 5.73 Å². The van der Waals surface area contributed by atoms with E-state index in [4.69, 9.17) is 5.73 Å². The molecule has 3 nitrogen and oxygen atoms in total. The molecule has 2 N–H and O–H groups in total. The third-order valence-electron chi connectivity index (χ3n) is 2.61. The van der Waals surface area contributed by atoms with Gasteiger partial charge in [0.25, 0.3) is 0 Å². The minimum Gasteiger partial charge on any atom is -0.354 e. The number of amidine groups is 1. The highest BCUT2D eigenvalue weighted by atomic mass is 15.2. The van der Waals surface area contributed by atoms with Crippen molar-refractivity contribution < 1.29 is 0 Å². The van der Waals surface area contributed by atoms with Crippen molar-refractivity contribution in [3.63, 3.8) is 0 Å². The summed E-state index contributed by atoms with van der Waals surface area (Å²) in [6.07, 6.45) is 9.46. The summed E-state index contributed by atoms with van der Waals surface area (Å²) >= 11 is 0. The number of allylic oxidation sites excluding steroid dienone is 1. The van der Waals surface area contributed by atoms with Crippen LogP contribution in [-0.2, 0) is 0 Å². The number of unbranched alkanes of at least 4 members (excludes halogenated alkanes) is 3. The van der Waals surface area contributed by atoms with Gasteiger partial charge in [-0.1, -0.05) is 25.8 Å². The molecule has 0 aromatic carbocycles. The molecule has 0 aromatic rings. The van der Waals surface area contributed by atoms with Crippen LogP contribution in [0.1, 0.15) is 32.6 Å². The summed E-state index contributed by atoms with van der Waals surface area (Å²) < 4.78 is 0. The first-order valence-corrected chi connectivity index (χ1v) is 6.04. The van der Waals surface area contributed by atoms with Crippen molar-refractivity contribution in [2.45, 2.75) is 32.6 Å². The molecule has 1 heterocycles. The summed E-state index contributed by atoms with van der Waals surface area (Å²) in [5.74, 6) is 1.12. The third kappa shape index (κ3) is 4.47. The lowest BCUT2D eigenvalue weighted by Gasteiger charge is -2.16. The monoisotopic (exact) mass is 209 g/mol. The summed E-state index contributed by atoms with van der Waals surface area (Å²) in [5.41, 5.74) is 5.54. The van der Waals surface area contributed by atoms with Gasteiger partial charge < -0.3 is 10.6 Å². The molecule has 0 saturated carbocycles. The van der Waals surface area contributed by atoms with Gasteiger partial charge in [0.1, 0.15) is 5.84 Å². The van der Waals surface area contributed by atoms with E-state index in [9.17, 15) is 0 Å². The van der Waals surface area contributed by atoms with E-state index in [1.54, 1.807) is 0 Å². The third-order valence-corrected chi connectivity index (χ3v) is 2.61. The van der Waals surface area contributed by atoms with Crippen LogP contribution in [-0.4, -0.2) is 36.9 Å². The molecule has 0 unspecified atom stereocenters. The van der Waals surface area contributed by atoms with E-state index in [2.05, 4.69) is 29.0 Å². The van der Waals surface area contributed by atoms with Crippen LogP contribution in [0.3, 0.4) is 0 Å². The Hall–Kier alpha value is -0.830. The van der Waals surface area contributed by atoms with Gasteiger partial charge in [-0.2, -0.15) is 0 Å². The van der Waals surface area contributed by atoms with E-state index < -0.39 is 0 Å². The molecule has 0 bridgehead atoms. The first kappa shape index (κ1) is 12.2.